The van der Waals surface area contributed by atoms with Crippen molar-refractivity contribution in [1.29, 1.82) is 0 Å². The lowest BCUT2D eigenvalue weighted by atomic mass is 10.1. The van der Waals surface area contributed by atoms with Crippen LogP contribution >= 0.6 is 0 Å². The van der Waals surface area contributed by atoms with E-state index in [4.69, 9.17) is 9.47 Å². The maximum Gasteiger partial charge on any atom is 0.264 e. The van der Waals surface area contributed by atoms with Crippen LogP contribution in [0.25, 0.3) is 0 Å². The van der Waals surface area contributed by atoms with Crippen molar-refractivity contribution in [3.05, 3.63) is 30.1 Å². The van der Waals surface area contributed by atoms with Gasteiger partial charge < -0.3 is 9.47 Å². The van der Waals surface area contributed by atoms with E-state index in [1.54, 1.807) is 0 Å². The molecule has 1 aromatic rings. The average Bonchev–Trinajstić information content (AvgIpc) is 2.53. The Morgan fingerprint density at radius 1 is 1.39 bits per heavy atom. The molecule has 1 aromatic carbocycles. The quantitative estimate of drug-likeness (QED) is 0.847. The first-order chi connectivity index (χ1) is 10.9. The summed E-state index contributed by atoms with van der Waals surface area (Å²) in [6.45, 7) is 2.39. The van der Waals surface area contributed by atoms with Crippen LogP contribution in [0.2, 0.25) is 0 Å². The molecule has 0 spiro atoms. The van der Waals surface area contributed by atoms with E-state index in [1.807, 2.05) is 4.72 Å². The molecule has 1 N–H and O–H groups in total. The fourth-order valence-electron chi connectivity index (χ4n) is 2.15. The Bertz CT molecular complexity index is 626. The van der Waals surface area contributed by atoms with E-state index < -0.39 is 27.9 Å². The number of rotatable bonds is 6. The molecular formula is C15H20FNO5S. The van der Waals surface area contributed by atoms with E-state index in [2.05, 4.69) is 0 Å². The molecule has 0 radical (unpaired) electrons. The van der Waals surface area contributed by atoms with Crippen LogP contribution in [0.3, 0.4) is 0 Å². The van der Waals surface area contributed by atoms with Crippen LogP contribution in [0.15, 0.2) is 29.2 Å². The standard InChI is InChI=1S/C15H20FNO5S/c1-11(22-10-13-4-2-3-9-21-13)15(18)17-23(19,20)14-7-5-12(16)6-8-14/h5-8,11,13H,2-4,9-10H2,1H3,(H,17,18). The molecule has 0 aromatic heterocycles. The van der Waals surface area contributed by atoms with Gasteiger partial charge in [-0.3, -0.25) is 4.79 Å². The Morgan fingerprint density at radius 2 is 2.09 bits per heavy atom. The van der Waals surface area contributed by atoms with Crippen LogP contribution in [0.4, 0.5) is 4.39 Å². The SMILES string of the molecule is CC(OCC1CCCCO1)C(=O)NS(=O)(=O)c1ccc(F)cc1. The average molecular weight is 345 g/mol. The summed E-state index contributed by atoms with van der Waals surface area (Å²) in [5.41, 5.74) is 0. The highest BCUT2D eigenvalue weighted by Crippen LogP contribution is 2.14. The molecule has 1 amide bonds. The van der Waals surface area contributed by atoms with Crippen LogP contribution < -0.4 is 4.72 Å². The van der Waals surface area contributed by atoms with Crippen LogP contribution in [-0.2, 0) is 24.3 Å². The summed E-state index contributed by atoms with van der Waals surface area (Å²) in [7, 11) is -4.04. The second-order valence-electron chi connectivity index (χ2n) is 5.39. The summed E-state index contributed by atoms with van der Waals surface area (Å²) in [6.07, 6.45) is 1.93. The van der Waals surface area contributed by atoms with Crippen molar-refractivity contribution in [3.8, 4) is 0 Å². The van der Waals surface area contributed by atoms with Crippen molar-refractivity contribution in [2.45, 2.75) is 43.3 Å². The molecule has 1 saturated heterocycles. The van der Waals surface area contributed by atoms with E-state index in [9.17, 15) is 17.6 Å². The van der Waals surface area contributed by atoms with Crippen molar-refractivity contribution in [1.82, 2.24) is 4.72 Å². The fourth-order valence-corrected chi connectivity index (χ4v) is 3.20. The highest BCUT2D eigenvalue weighted by molar-refractivity contribution is 7.90. The maximum absolute atomic E-state index is 12.8. The van der Waals surface area contributed by atoms with Gasteiger partial charge in [-0.1, -0.05) is 0 Å². The third kappa shape index (κ3) is 5.26. The molecule has 23 heavy (non-hydrogen) atoms. The molecule has 0 bridgehead atoms. The van der Waals surface area contributed by atoms with Crippen LogP contribution in [0.5, 0.6) is 0 Å². The minimum absolute atomic E-state index is 0.0623. The van der Waals surface area contributed by atoms with E-state index >= 15 is 0 Å². The third-order valence-electron chi connectivity index (χ3n) is 3.53. The summed E-state index contributed by atoms with van der Waals surface area (Å²) in [5.74, 6) is -1.33. The Kier molecular flexibility index (Phi) is 6.09. The highest BCUT2D eigenvalue weighted by Gasteiger charge is 2.23. The summed E-state index contributed by atoms with van der Waals surface area (Å²) in [4.78, 5) is 11.8. The number of amides is 1. The minimum atomic E-state index is -4.04. The monoisotopic (exact) mass is 345 g/mol. The Balaban J connectivity index is 1.87. The smallest absolute Gasteiger partial charge is 0.264 e. The molecule has 1 aliphatic heterocycles. The molecule has 0 saturated carbocycles. The molecule has 1 fully saturated rings. The van der Waals surface area contributed by atoms with Gasteiger partial charge in [-0.2, -0.15) is 0 Å². The lowest BCUT2D eigenvalue weighted by Gasteiger charge is -2.23. The second kappa shape index (κ2) is 7.85. The number of nitrogens with one attached hydrogen (secondary N) is 1. The van der Waals surface area contributed by atoms with E-state index in [-0.39, 0.29) is 17.6 Å². The first-order valence-corrected chi connectivity index (χ1v) is 8.92. The van der Waals surface area contributed by atoms with Gasteiger partial charge in [0.25, 0.3) is 15.9 Å². The van der Waals surface area contributed by atoms with Crippen LogP contribution in [0.1, 0.15) is 26.2 Å². The first kappa shape index (κ1) is 17.8. The zero-order valence-corrected chi connectivity index (χ0v) is 13.6. The molecule has 0 aliphatic carbocycles. The first-order valence-electron chi connectivity index (χ1n) is 7.44. The van der Waals surface area contributed by atoms with Crippen LogP contribution in [0, 0.1) is 5.82 Å². The number of benzene rings is 1. The van der Waals surface area contributed by atoms with Crippen molar-refractivity contribution in [2.75, 3.05) is 13.2 Å². The van der Waals surface area contributed by atoms with Crippen molar-refractivity contribution in [3.63, 3.8) is 0 Å². The van der Waals surface area contributed by atoms with Crippen molar-refractivity contribution < 1.29 is 27.1 Å². The number of sulfonamides is 1. The van der Waals surface area contributed by atoms with Crippen LogP contribution in [-0.4, -0.2) is 39.7 Å². The van der Waals surface area contributed by atoms with Gasteiger partial charge in [-0.15, -0.1) is 0 Å². The normalized spacial score (nSPS) is 20.0. The Labute approximate surface area is 135 Å². The fraction of sp³-hybridized carbons (Fsp3) is 0.533. The van der Waals surface area contributed by atoms with E-state index in [0.29, 0.717) is 6.61 Å². The summed E-state index contributed by atoms with van der Waals surface area (Å²) >= 11 is 0. The second-order valence-corrected chi connectivity index (χ2v) is 7.07. The van der Waals surface area contributed by atoms with Gasteiger partial charge in [0.2, 0.25) is 0 Å². The molecular weight excluding hydrogens is 325 g/mol. The van der Waals surface area contributed by atoms with Crippen molar-refractivity contribution >= 4 is 15.9 Å². The topological polar surface area (TPSA) is 81.7 Å². The molecule has 1 aliphatic rings. The zero-order chi connectivity index (χ0) is 16.9. The molecule has 6 nitrogen and oxygen atoms in total. The molecule has 1 heterocycles. The van der Waals surface area contributed by atoms with E-state index in [0.717, 1.165) is 43.5 Å². The number of carbonyl (C=O) groups excluding carboxylic acids is 1. The zero-order valence-electron chi connectivity index (χ0n) is 12.8. The van der Waals surface area contributed by atoms with E-state index in [1.165, 1.54) is 6.92 Å². The van der Waals surface area contributed by atoms with Gasteiger partial charge in [-0.25, -0.2) is 17.5 Å². The minimum Gasteiger partial charge on any atom is -0.376 e. The number of hydrogen-bond acceptors (Lipinski definition) is 5. The maximum atomic E-state index is 12.8. The number of carbonyl (C=O) groups is 1. The summed E-state index contributed by atoms with van der Waals surface area (Å²) < 4.78 is 49.7. The van der Waals surface area contributed by atoms with Gasteiger partial charge in [0, 0.05) is 6.61 Å². The summed E-state index contributed by atoms with van der Waals surface area (Å²) in [6, 6.07) is 4.21. The Hall–Kier alpha value is -1.51. The molecule has 8 heteroatoms. The predicted octanol–water partition coefficient (Wildman–Crippen LogP) is 1.60. The van der Waals surface area contributed by atoms with Gasteiger partial charge in [-0.05, 0) is 50.5 Å². The van der Waals surface area contributed by atoms with Crippen molar-refractivity contribution in [2.24, 2.45) is 0 Å². The number of ether oxygens (including phenoxy) is 2. The molecule has 2 rings (SSSR count). The van der Waals surface area contributed by atoms with Gasteiger partial charge in [0.15, 0.2) is 0 Å². The number of halogens is 1. The lowest BCUT2D eigenvalue weighted by molar-refractivity contribution is -0.133. The highest BCUT2D eigenvalue weighted by atomic mass is 32.2. The molecule has 2 atom stereocenters. The van der Waals surface area contributed by atoms with Gasteiger partial charge in [0.1, 0.15) is 11.9 Å². The molecule has 2 unspecified atom stereocenters. The summed E-state index contributed by atoms with van der Waals surface area (Å²) in [5, 5.41) is 0. The third-order valence-corrected chi connectivity index (χ3v) is 4.90. The number of hydrogen-bond donors (Lipinski definition) is 1. The predicted molar refractivity (Wildman–Crippen MR) is 80.7 cm³/mol. The van der Waals surface area contributed by atoms with Gasteiger partial charge in [0.05, 0.1) is 17.6 Å². The Morgan fingerprint density at radius 3 is 2.70 bits per heavy atom. The largest absolute Gasteiger partial charge is 0.376 e. The van der Waals surface area contributed by atoms with Gasteiger partial charge >= 0.3 is 0 Å². The molecule has 128 valence electrons. The lowest BCUT2D eigenvalue weighted by Crippen LogP contribution is -2.40.